The summed E-state index contributed by atoms with van der Waals surface area (Å²) in [7, 11) is -0.822. The van der Waals surface area contributed by atoms with Gasteiger partial charge in [-0.1, -0.05) is 109 Å². The Morgan fingerprint density at radius 3 is 1.38 bits per heavy atom. The first-order valence-electron chi connectivity index (χ1n) is 9.85. The molecule has 126 valence electrons. The van der Waals surface area contributed by atoms with Crippen molar-refractivity contribution in [1.82, 2.24) is 0 Å². The summed E-state index contributed by atoms with van der Waals surface area (Å²) in [6.07, 6.45) is 17.8. The van der Waals surface area contributed by atoms with Gasteiger partial charge in [-0.2, -0.15) is 0 Å². The third-order valence-corrected chi connectivity index (χ3v) is 11.5. The molecule has 0 aromatic carbocycles. The number of rotatable bonds is 16. The molecule has 0 aromatic heterocycles. The van der Waals surface area contributed by atoms with E-state index in [0.29, 0.717) is 0 Å². The lowest BCUT2D eigenvalue weighted by Crippen LogP contribution is -2.30. The molecular formula is C20H42Si. The summed E-state index contributed by atoms with van der Waals surface area (Å²) >= 11 is 0. The van der Waals surface area contributed by atoms with Gasteiger partial charge >= 0.3 is 0 Å². The van der Waals surface area contributed by atoms with Gasteiger partial charge in [-0.25, -0.2) is 0 Å². The van der Waals surface area contributed by atoms with E-state index in [1.54, 1.807) is 6.04 Å². The minimum absolute atomic E-state index is 0.822. The van der Waals surface area contributed by atoms with E-state index < -0.39 is 8.07 Å². The summed E-state index contributed by atoms with van der Waals surface area (Å²) in [5, 5.41) is 0. The van der Waals surface area contributed by atoms with Crippen LogP contribution < -0.4 is 0 Å². The van der Waals surface area contributed by atoms with E-state index in [4.69, 9.17) is 0 Å². The van der Waals surface area contributed by atoms with Crippen molar-refractivity contribution in [3.8, 4) is 0 Å². The number of allylic oxidation sites excluding steroid dienone is 1. The minimum atomic E-state index is -0.822. The normalized spacial score (nSPS) is 11.8. The predicted octanol–water partition coefficient (Wildman–Crippen LogP) is 7.97. The molecule has 0 aromatic rings. The Morgan fingerprint density at radius 2 is 1.00 bits per heavy atom. The number of unbranched alkanes of at least 4 members (excludes halogenated alkanes) is 10. The summed E-state index contributed by atoms with van der Waals surface area (Å²) in [5.41, 5.74) is 0. The quantitative estimate of drug-likeness (QED) is 0.154. The highest BCUT2D eigenvalue weighted by Crippen LogP contribution is 2.27. The fourth-order valence-corrected chi connectivity index (χ4v) is 7.04. The van der Waals surface area contributed by atoms with Gasteiger partial charge in [-0.3, -0.25) is 0 Å². The second-order valence-corrected chi connectivity index (χ2v) is 12.5. The average Bonchev–Trinajstić information content (AvgIpc) is 2.53. The third kappa shape index (κ3) is 11.2. The molecule has 0 nitrogen and oxygen atoms in total. The van der Waals surface area contributed by atoms with Crippen molar-refractivity contribution in [1.29, 1.82) is 0 Å². The lowest BCUT2D eigenvalue weighted by molar-refractivity contribution is 0.557. The highest BCUT2D eigenvalue weighted by Gasteiger charge is 2.25. The van der Waals surface area contributed by atoms with Gasteiger partial charge in [0.2, 0.25) is 0 Å². The number of hydrogen-bond acceptors (Lipinski definition) is 0. The molecule has 0 saturated heterocycles. The van der Waals surface area contributed by atoms with Crippen molar-refractivity contribution in [2.24, 2.45) is 0 Å². The van der Waals surface area contributed by atoms with Gasteiger partial charge in [0.15, 0.2) is 0 Å². The molecule has 0 heterocycles. The van der Waals surface area contributed by atoms with Crippen molar-refractivity contribution >= 4 is 8.07 Å². The Bertz CT molecular complexity index is 210. The lowest BCUT2D eigenvalue weighted by atomic mass is 10.1. The highest BCUT2D eigenvalue weighted by molar-refractivity contribution is 6.79. The van der Waals surface area contributed by atoms with E-state index in [1.165, 1.54) is 88.8 Å². The molecule has 0 bridgehead atoms. The summed E-state index contributed by atoms with van der Waals surface area (Å²) in [6, 6.07) is 6.11. The SMILES string of the molecule is C=CCCCCCCCCCCCC[Si](CC)(CC)CC. The second kappa shape index (κ2) is 14.9. The molecular weight excluding hydrogens is 268 g/mol. The Morgan fingerprint density at radius 1 is 0.619 bits per heavy atom. The summed E-state index contributed by atoms with van der Waals surface area (Å²) in [5.74, 6) is 0. The average molecular weight is 311 g/mol. The van der Waals surface area contributed by atoms with Gasteiger partial charge in [0.25, 0.3) is 0 Å². The van der Waals surface area contributed by atoms with E-state index in [9.17, 15) is 0 Å². The molecule has 0 amide bonds. The standard InChI is InChI=1S/C20H42Si/c1-5-9-10-11-12-13-14-15-16-17-18-19-20-21(6-2,7-3)8-4/h5H,1,6-20H2,2-4H3. The largest absolute Gasteiger partial charge is 0.103 e. The molecule has 0 N–H and O–H groups in total. The Balaban J connectivity index is 3.31. The molecule has 0 aliphatic rings. The van der Waals surface area contributed by atoms with Crippen molar-refractivity contribution in [3.05, 3.63) is 12.7 Å². The first-order chi connectivity index (χ1) is 10.2. The van der Waals surface area contributed by atoms with Crippen LogP contribution in [0, 0.1) is 0 Å². The first-order valence-corrected chi connectivity index (χ1v) is 12.7. The van der Waals surface area contributed by atoms with E-state index in [-0.39, 0.29) is 0 Å². The maximum Gasteiger partial charge on any atom is 0.0527 e. The van der Waals surface area contributed by atoms with Gasteiger partial charge in [0.1, 0.15) is 0 Å². The van der Waals surface area contributed by atoms with E-state index in [0.717, 1.165) is 0 Å². The lowest BCUT2D eigenvalue weighted by Gasteiger charge is -2.28. The Labute approximate surface area is 136 Å². The molecule has 0 aliphatic carbocycles. The molecule has 0 unspecified atom stereocenters. The van der Waals surface area contributed by atoms with Crippen molar-refractivity contribution < 1.29 is 0 Å². The third-order valence-electron chi connectivity index (χ3n) is 5.62. The molecule has 1 heteroatoms. The van der Waals surface area contributed by atoms with Crippen LogP contribution in [0.15, 0.2) is 12.7 Å². The molecule has 0 aliphatic heterocycles. The Kier molecular flexibility index (Phi) is 14.8. The molecule has 0 spiro atoms. The van der Waals surface area contributed by atoms with Crippen LogP contribution in [0.4, 0.5) is 0 Å². The van der Waals surface area contributed by atoms with Gasteiger partial charge in [0.05, 0.1) is 8.07 Å². The van der Waals surface area contributed by atoms with Crippen LogP contribution in [0.2, 0.25) is 24.2 Å². The van der Waals surface area contributed by atoms with E-state index >= 15 is 0 Å². The van der Waals surface area contributed by atoms with Crippen molar-refractivity contribution in [2.45, 2.75) is 116 Å². The molecule has 0 radical (unpaired) electrons. The van der Waals surface area contributed by atoms with Crippen LogP contribution in [0.1, 0.15) is 91.4 Å². The van der Waals surface area contributed by atoms with Crippen LogP contribution in [0.3, 0.4) is 0 Å². The van der Waals surface area contributed by atoms with Crippen LogP contribution in [-0.4, -0.2) is 8.07 Å². The van der Waals surface area contributed by atoms with Gasteiger partial charge < -0.3 is 0 Å². The monoisotopic (exact) mass is 310 g/mol. The second-order valence-electron chi connectivity index (χ2n) is 6.92. The summed E-state index contributed by atoms with van der Waals surface area (Å²) in [6.45, 7) is 11.1. The fraction of sp³-hybridized carbons (Fsp3) is 0.900. The molecule has 0 fully saturated rings. The van der Waals surface area contributed by atoms with Gasteiger partial charge in [-0.15, -0.1) is 6.58 Å². The zero-order valence-electron chi connectivity index (χ0n) is 15.4. The van der Waals surface area contributed by atoms with Crippen molar-refractivity contribution in [2.75, 3.05) is 0 Å². The molecule has 0 rings (SSSR count). The zero-order chi connectivity index (χ0) is 15.8. The molecule has 0 atom stereocenters. The van der Waals surface area contributed by atoms with Crippen LogP contribution in [0.25, 0.3) is 0 Å². The van der Waals surface area contributed by atoms with Crippen LogP contribution in [0.5, 0.6) is 0 Å². The number of hydrogen-bond donors (Lipinski definition) is 0. The predicted molar refractivity (Wildman–Crippen MR) is 103 cm³/mol. The van der Waals surface area contributed by atoms with E-state index in [2.05, 4.69) is 27.4 Å². The summed E-state index contributed by atoms with van der Waals surface area (Å²) in [4.78, 5) is 0. The fourth-order valence-electron chi connectivity index (χ4n) is 3.48. The van der Waals surface area contributed by atoms with Crippen molar-refractivity contribution in [3.63, 3.8) is 0 Å². The smallest absolute Gasteiger partial charge is 0.0527 e. The highest BCUT2D eigenvalue weighted by atomic mass is 28.3. The first kappa shape index (κ1) is 21.0. The maximum atomic E-state index is 3.78. The van der Waals surface area contributed by atoms with Crippen LogP contribution >= 0.6 is 0 Å². The van der Waals surface area contributed by atoms with Gasteiger partial charge in [-0.05, 0) is 12.8 Å². The van der Waals surface area contributed by atoms with E-state index in [1.807, 2.05) is 6.08 Å². The topological polar surface area (TPSA) is 0 Å². The van der Waals surface area contributed by atoms with Crippen LogP contribution in [-0.2, 0) is 0 Å². The Hall–Kier alpha value is -0.0431. The minimum Gasteiger partial charge on any atom is -0.103 e. The summed E-state index contributed by atoms with van der Waals surface area (Å²) < 4.78 is 0. The zero-order valence-corrected chi connectivity index (χ0v) is 16.4. The van der Waals surface area contributed by atoms with Gasteiger partial charge in [0, 0.05) is 0 Å². The molecule has 21 heavy (non-hydrogen) atoms. The molecule has 0 saturated carbocycles. The maximum absolute atomic E-state index is 3.78.